The second-order valence-corrected chi connectivity index (χ2v) is 3.31. The molecule has 0 saturated carbocycles. The molecule has 0 amide bonds. The Morgan fingerprint density at radius 1 is 1.67 bits per heavy atom. The molecule has 1 heterocycles. The van der Waals surface area contributed by atoms with E-state index in [1.54, 1.807) is 6.20 Å². The van der Waals surface area contributed by atoms with Gasteiger partial charge in [-0.15, -0.1) is 0 Å². The van der Waals surface area contributed by atoms with Gasteiger partial charge in [-0.05, 0) is 25.0 Å². The third-order valence-corrected chi connectivity index (χ3v) is 2.07. The molecular formula is C10H15N3O2. The molecular weight excluding hydrogens is 194 g/mol. The Labute approximate surface area is 88.3 Å². The highest BCUT2D eigenvalue weighted by molar-refractivity contribution is 5.67. The molecule has 5 nitrogen and oxygen atoms in total. The summed E-state index contributed by atoms with van der Waals surface area (Å²) in [5, 5.41) is 11.5. The summed E-state index contributed by atoms with van der Waals surface area (Å²) in [7, 11) is 0. The summed E-state index contributed by atoms with van der Waals surface area (Å²) in [6.07, 6.45) is 2.38. The second-order valence-electron chi connectivity index (χ2n) is 3.31. The first-order chi connectivity index (χ1) is 7.11. The number of rotatable bonds is 5. The number of hydrogen-bond donors (Lipinski definition) is 3. The van der Waals surface area contributed by atoms with E-state index in [9.17, 15) is 4.79 Å². The van der Waals surface area contributed by atoms with Gasteiger partial charge in [-0.1, -0.05) is 0 Å². The number of aromatic nitrogens is 1. The molecule has 0 unspecified atom stereocenters. The van der Waals surface area contributed by atoms with Gasteiger partial charge < -0.3 is 16.2 Å². The van der Waals surface area contributed by atoms with Crippen molar-refractivity contribution in [3.05, 3.63) is 17.8 Å². The molecule has 0 aliphatic rings. The Kier molecular flexibility index (Phi) is 3.91. The van der Waals surface area contributed by atoms with Crippen molar-refractivity contribution in [2.75, 3.05) is 17.6 Å². The zero-order valence-corrected chi connectivity index (χ0v) is 8.66. The minimum absolute atomic E-state index is 0.152. The van der Waals surface area contributed by atoms with Gasteiger partial charge in [0.2, 0.25) is 0 Å². The summed E-state index contributed by atoms with van der Waals surface area (Å²) in [6.45, 7) is 2.46. The van der Waals surface area contributed by atoms with Gasteiger partial charge in [0, 0.05) is 19.2 Å². The number of nitrogens with two attached hydrogens (primary N) is 1. The lowest BCUT2D eigenvalue weighted by Crippen LogP contribution is -2.08. The molecule has 1 aromatic rings. The lowest BCUT2D eigenvalue weighted by Gasteiger charge is -2.08. The van der Waals surface area contributed by atoms with Crippen LogP contribution in [0.15, 0.2) is 12.3 Å². The highest BCUT2D eigenvalue weighted by Crippen LogP contribution is 2.18. The predicted molar refractivity (Wildman–Crippen MR) is 58.7 cm³/mol. The minimum Gasteiger partial charge on any atom is -0.481 e. The summed E-state index contributed by atoms with van der Waals surface area (Å²) in [5.74, 6) is -0.164. The number of hydrogen-bond acceptors (Lipinski definition) is 4. The van der Waals surface area contributed by atoms with Crippen LogP contribution in [0, 0.1) is 6.92 Å². The summed E-state index contributed by atoms with van der Waals surface area (Å²) in [6, 6.07) is 1.83. The number of pyridine rings is 1. The van der Waals surface area contributed by atoms with Crippen LogP contribution in [-0.4, -0.2) is 22.6 Å². The lowest BCUT2D eigenvalue weighted by molar-refractivity contribution is -0.137. The number of carboxylic acid groups (broad SMARTS) is 1. The number of nitrogen functional groups attached to an aromatic ring is 1. The van der Waals surface area contributed by atoms with Gasteiger partial charge >= 0.3 is 5.97 Å². The Hall–Kier alpha value is -1.78. The SMILES string of the molecule is Cc1ccnc(NCCCC(=O)O)c1N. The number of carboxylic acids is 1. The Bertz CT molecular complexity index is 353. The highest BCUT2D eigenvalue weighted by atomic mass is 16.4. The minimum atomic E-state index is -0.790. The zero-order chi connectivity index (χ0) is 11.3. The van der Waals surface area contributed by atoms with E-state index in [1.165, 1.54) is 0 Å². The number of nitrogens with zero attached hydrogens (tertiary/aromatic N) is 1. The summed E-state index contributed by atoms with van der Waals surface area (Å²) in [5.41, 5.74) is 7.37. The van der Waals surface area contributed by atoms with Crippen LogP contribution in [0.5, 0.6) is 0 Å². The van der Waals surface area contributed by atoms with Crippen LogP contribution in [0.4, 0.5) is 11.5 Å². The zero-order valence-electron chi connectivity index (χ0n) is 8.66. The number of nitrogens with one attached hydrogen (secondary N) is 1. The van der Waals surface area contributed by atoms with Crippen LogP contribution >= 0.6 is 0 Å². The van der Waals surface area contributed by atoms with Gasteiger partial charge in [-0.3, -0.25) is 4.79 Å². The molecule has 0 aliphatic carbocycles. The van der Waals surface area contributed by atoms with Crippen molar-refractivity contribution < 1.29 is 9.90 Å². The van der Waals surface area contributed by atoms with Gasteiger partial charge in [0.15, 0.2) is 0 Å². The molecule has 15 heavy (non-hydrogen) atoms. The lowest BCUT2D eigenvalue weighted by atomic mass is 10.2. The van der Waals surface area contributed by atoms with E-state index in [-0.39, 0.29) is 6.42 Å². The molecule has 0 fully saturated rings. The van der Waals surface area contributed by atoms with E-state index in [0.717, 1.165) is 5.56 Å². The topological polar surface area (TPSA) is 88.2 Å². The van der Waals surface area contributed by atoms with Crippen molar-refractivity contribution in [1.82, 2.24) is 4.98 Å². The molecule has 0 saturated heterocycles. The van der Waals surface area contributed by atoms with Crippen molar-refractivity contribution in [3.63, 3.8) is 0 Å². The molecule has 1 rings (SSSR count). The van der Waals surface area contributed by atoms with E-state index >= 15 is 0 Å². The van der Waals surface area contributed by atoms with E-state index in [4.69, 9.17) is 10.8 Å². The number of anilines is 2. The van der Waals surface area contributed by atoms with Crippen molar-refractivity contribution in [2.45, 2.75) is 19.8 Å². The molecule has 0 spiro atoms. The standard InChI is InChI=1S/C10H15N3O2/c1-7-4-6-13-10(9(7)11)12-5-2-3-8(14)15/h4,6H,2-3,5,11H2,1H3,(H,12,13)(H,14,15). The Balaban J connectivity index is 2.44. The molecule has 0 aliphatic heterocycles. The van der Waals surface area contributed by atoms with E-state index in [1.807, 2.05) is 13.0 Å². The van der Waals surface area contributed by atoms with Crippen LogP contribution < -0.4 is 11.1 Å². The van der Waals surface area contributed by atoms with Crippen molar-refractivity contribution in [1.29, 1.82) is 0 Å². The Morgan fingerprint density at radius 3 is 3.07 bits per heavy atom. The van der Waals surface area contributed by atoms with Gasteiger partial charge in [-0.25, -0.2) is 4.98 Å². The fourth-order valence-electron chi connectivity index (χ4n) is 1.16. The maximum atomic E-state index is 10.3. The smallest absolute Gasteiger partial charge is 0.303 e. The number of carbonyl (C=O) groups is 1. The van der Waals surface area contributed by atoms with Gasteiger partial charge in [0.1, 0.15) is 5.82 Å². The average molecular weight is 209 g/mol. The van der Waals surface area contributed by atoms with Crippen molar-refractivity contribution in [2.24, 2.45) is 0 Å². The number of aryl methyl sites for hydroxylation is 1. The van der Waals surface area contributed by atoms with Crippen LogP contribution in [-0.2, 0) is 4.79 Å². The first-order valence-electron chi connectivity index (χ1n) is 4.78. The van der Waals surface area contributed by atoms with Crippen LogP contribution in [0.2, 0.25) is 0 Å². The van der Waals surface area contributed by atoms with Crippen LogP contribution in [0.1, 0.15) is 18.4 Å². The maximum absolute atomic E-state index is 10.3. The van der Waals surface area contributed by atoms with E-state index < -0.39 is 5.97 Å². The van der Waals surface area contributed by atoms with Crippen molar-refractivity contribution >= 4 is 17.5 Å². The third-order valence-electron chi connectivity index (χ3n) is 2.07. The molecule has 82 valence electrons. The molecule has 4 N–H and O–H groups in total. The normalized spacial score (nSPS) is 9.93. The summed E-state index contributed by atoms with van der Waals surface area (Å²) < 4.78 is 0. The van der Waals surface area contributed by atoms with Gasteiger partial charge in [0.05, 0.1) is 5.69 Å². The van der Waals surface area contributed by atoms with Crippen LogP contribution in [0.25, 0.3) is 0 Å². The van der Waals surface area contributed by atoms with Crippen molar-refractivity contribution in [3.8, 4) is 0 Å². The summed E-state index contributed by atoms with van der Waals surface area (Å²) in [4.78, 5) is 14.3. The predicted octanol–water partition coefficient (Wildman–Crippen LogP) is 1.25. The fraction of sp³-hybridized carbons (Fsp3) is 0.400. The molecule has 0 bridgehead atoms. The maximum Gasteiger partial charge on any atom is 0.303 e. The first kappa shape index (κ1) is 11.3. The number of aliphatic carboxylic acids is 1. The average Bonchev–Trinajstić information content (AvgIpc) is 2.18. The molecule has 5 heteroatoms. The largest absolute Gasteiger partial charge is 0.481 e. The molecule has 1 aromatic heterocycles. The van der Waals surface area contributed by atoms with E-state index in [2.05, 4.69) is 10.3 Å². The van der Waals surface area contributed by atoms with Gasteiger partial charge in [0.25, 0.3) is 0 Å². The monoisotopic (exact) mass is 209 g/mol. The molecule has 0 atom stereocenters. The summed E-state index contributed by atoms with van der Waals surface area (Å²) >= 11 is 0. The van der Waals surface area contributed by atoms with Gasteiger partial charge in [-0.2, -0.15) is 0 Å². The molecule has 0 radical (unpaired) electrons. The van der Waals surface area contributed by atoms with E-state index in [0.29, 0.717) is 24.5 Å². The quantitative estimate of drug-likeness (QED) is 0.635. The fourth-order valence-corrected chi connectivity index (χ4v) is 1.16. The first-order valence-corrected chi connectivity index (χ1v) is 4.78. The Morgan fingerprint density at radius 2 is 2.40 bits per heavy atom. The molecule has 0 aromatic carbocycles. The second kappa shape index (κ2) is 5.19. The third kappa shape index (κ3) is 3.46. The van der Waals surface area contributed by atoms with Crippen LogP contribution in [0.3, 0.4) is 0 Å². The highest BCUT2D eigenvalue weighted by Gasteiger charge is 2.02.